The molecule has 0 aromatic rings. The van der Waals surface area contributed by atoms with Crippen molar-refractivity contribution >= 4 is 12.4 Å². The zero-order valence-corrected chi connectivity index (χ0v) is 7.12. The van der Waals surface area contributed by atoms with Crippen molar-refractivity contribution in [2.75, 3.05) is 7.11 Å². The van der Waals surface area contributed by atoms with E-state index in [0.717, 1.165) is 12.8 Å². The normalized spacial score (nSPS) is 10.7. The van der Waals surface area contributed by atoms with E-state index < -0.39 is 0 Å². The van der Waals surface area contributed by atoms with E-state index in [1.165, 1.54) is 0 Å². The Kier molecular flexibility index (Phi) is 6.68. The predicted molar refractivity (Wildman–Crippen MR) is 41.8 cm³/mol. The summed E-state index contributed by atoms with van der Waals surface area (Å²) in [6.45, 7) is 4.04. The monoisotopic (exact) mass is 153 g/mol. The summed E-state index contributed by atoms with van der Waals surface area (Å²) in [6.07, 6.45) is 1.75. The molecule has 0 bridgehead atoms. The van der Waals surface area contributed by atoms with Crippen molar-refractivity contribution in [1.29, 1.82) is 0 Å². The topological polar surface area (TPSA) is 35.2 Å². The second kappa shape index (κ2) is 5.03. The van der Waals surface area contributed by atoms with Crippen LogP contribution in [0.3, 0.4) is 0 Å². The zero-order chi connectivity index (χ0) is 6.62. The molecule has 0 aromatic heterocycles. The highest BCUT2D eigenvalue weighted by atomic mass is 35.5. The third-order valence-electron chi connectivity index (χ3n) is 1.60. The summed E-state index contributed by atoms with van der Waals surface area (Å²) in [5.74, 6) is 0. The van der Waals surface area contributed by atoms with Gasteiger partial charge in [-0.1, -0.05) is 13.8 Å². The van der Waals surface area contributed by atoms with Crippen LogP contribution in [0, 0.1) is 0 Å². The maximum absolute atomic E-state index is 5.67. The molecule has 2 N–H and O–H groups in total. The number of halogens is 1. The molecule has 0 heterocycles. The highest BCUT2D eigenvalue weighted by molar-refractivity contribution is 5.85. The molecule has 9 heavy (non-hydrogen) atoms. The van der Waals surface area contributed by atoms with Gasteiger partial charge in [-0.15, -0.1) is 12.4 Å². The average Bonchev–Trinajstić information content (AvgIpc) is 1.87. The summed E-state index contributed by atoms with van der Waals surface area (Å²) in [5.41, 5.74) is 5.30. The van der Waals surface area contributed by atoms with Crippen molar-refractivity contribution in [3.05, 3.63) is 0 Å². The maximum atomic E-state index is 5.67. The fraction of sp³-hybridized carbons (Fsp3) is 1.00. The van der Waals surface area contributed by atoms with Crippen LogP contribution < -0.4 is 5.73 Å². The Balaban J connectivity index is 0. The zero-order valence-electron chi connectivity index (χ0n) is 6.31. The first-order valence-corrected chi connectivity index (χ1v) is 3.02. The molecule has 0 saturated carbocycles. The Bertz CT molecular complexity index is 55.8. The van der Waals surface area contributed by atoms with Crippen LogP contribution in [0.1, 0.15) is 26.7 Å². The standard InChI is InChI=1S/C6H15NO.ClH/c1-4-6(7,5-2)8-3;/h4-5,7H2,1-3H3;1H. The SMILES string of the molecule is CCC(N)(CC)OC.Cl. The molecule has 58 valence electrons. The van der Waals surface area contributed by atoms with Gasteiger partial charge >= 0.3 is 0 Å². The molecule has 0 spiro atoms. The molecular weight excluding hydrogens is 138 g/mol. The summed E-state index contributed by atoms with van der Waals surface area (Å²) < 4.78 is 5.01. The lowest BCUT2D eigenvalue weighted by Gasteiger charge is -2.23. The maximum Gasteiger partial charge on any atom is 0.115 e. The highest BCUT2D eigenvalue weighted by Gasteiger charge is 2.17. The Morgan fingerprint density at radius 1 is 1.33 bits per heavy atom. The molecule has 0 radical (unpaired) electrons. The van der Waals surface area contributed by atoms with E-state index in [1.54, 1.807) is 7.11 Å². The van der Waals surface area contributed by atoms with Crippen molar-refractivity contribution in [2.45, 2.75) is 32.4 Å². The predicted octanol–water partition coefficient (Wildman–Crippen LogP) is 1.53. The summed E-state index contributed by atoms with van der Waals surface area (Å²) >= 11 is 0. The minimum absolute atomic E-state index is 0. The van der Waals surface area contributed by atoms with Crippen LogP contribution in [-0.4, -0.2) is 12.8 Å². The van der Waals surface area contributed by atoms with E-state index in [4.69, 9.17) is 10.5 Å². The van der Waals surface area contributed by atoms with Gasteiger partial charge < -0.3 is 10.5 Å². The minimum atomic E-state index is -0.375. The number of hydrogen-bond acceptors (Lipinski definition) is 2. The van der Waals surface area contributed by atoms with Gasteiger partial charge in [0, 0.05) is 7.11 Å². The van der Waals surface area contributed by atoms with Crippen LogP contribution in [0.4, 0.5) is 0 Å². The van der Waals surface area contributed by atoms with Gasteiger partial charge in [-0.2, -0.15) is 0 Å². The lowest BCUT2D eigenvalue weighted by atomic mass is 10.1. The van der Waals surface area contributed by atoms with Crippen molar-refractivity contribution in [2.24, 2.45) is 5.73 Å². The van der Waals surface area contributed by atoms with Gasteiger partial charge in [0.1, 0.15) is 5.72 Å². The smallest absolute Gasteiger partial charge is 0.115 e. The number of methoxy groups -OCH3 is 1. The molecule has 0 saturated heterocycles. The largest absolute Gasteiger partial charge is 0.364 e. The van der Waals surface area contributed by atoms with Crippen molar-refractivity contribution in [1.82, 2.24) is 0 Å². The molecule has 0 aliphatic rings. The third-order valence-corrected chi connectivity index (χ3v) is 1.60. The first-order valence-electron chi connectivity index (χ1n) is 3.02. The first-order chi connectivity index (χ1) is 3.68. The Hall–Kier alpha value is 0.210. The quantitative estimate of drug-likeness (QED) is 0.625. The molecule has 0 aliphatic heterocycles. The number of nitrogens with two attached hydrogens (primary N) is 1. The highest BCUT2D eigenvalue weighted by Crippen LogP contribution is 2.09. The van der Waals surface area contributed by atoms with Crippen molar-refractivity contribution in [3.8, 4) is 0 Å². The number of hydrogen-bond donors (Lipinski definition) is 1. The third kappa shape index (κ3) is 3.73. The fourth-order valence-electron chi connectivity index (χ4n) is 0.539. The average molecular weight is 154 g/mol. The lowest BCUT2D eigenvalue weighted by molar-refractivity contribution is -0.0112. The van der Waals surface area contributed by atoms with E-state index in [0.29, 0.717) is 0 Å². The molecule has 0 rings (SSSR count). The fourth-order valence-corrected chi connectivity index (χ4v) is 0.539. The first kappa shape index (κ1) is 11.9. The molecular formula is C6H16ClNO. The van der Waals surface area contributed by atoms with E-state index in [1.807, 2.05) is 13.8 Å². The molecule has 0 aromatic carbocycles. The van der Waals surface area contributed by atoms with Crippen LogP contribution in [0.5, 0.6) is 0 Å². The Morgan fingerprint density at radius 3 is 1.67 bits per heavy atom. The van der Waals surface area contributed by atoms with Gasteiger partial charge in [-0.3, -0.25) is 0 Å². The van der Waals surface area contributed by atoms with E-state index in [-0.39, 0.29) is 18.1 Å². The summed E-state index contributed by atoms with van der Waals surface area (Å²) in [5, 5.41) is 0. The molecule has 0 fully saturated rings. The van der Waals surface area contributed by atoms with Crippen LogP contribution in [-0.2, 0) is 4.74 Å². The molecule has 2 nitrogen and oxygen atoms in total. The van der Waals surface area contributed by atoms with Gasteiger partial charge in [0.25, 0.3) is 0 Å². The molecule has 0 aliphatic carbocycles. The number of ether oxygens (including phenoxy) is 1. The second-order valence-electron chi connectivity index (χ2n) is 1.98. The summed E-state index contributed by atoms with van der Waals surface area (Å²) in [4.78, 5) is 0. The van der Waals surface area contributed by atoms with Crippen LogP contribution in [0.25, 0.3) is 0 Å². The Morgan fingerprint density at radius 2 is 1.67 bits per heavy atom. The molecule has 3 heteroatoms. The van der Waals surface area contributed by atoms with Crippen LogP contribution in [0.2, 0.25) is 0 Å². The van der Waals surface area contributed by atoms with Crippen molar-refractivity contribution in [3.63, 3.8) is 0 Å². The number of rotatable bonds is 3. The van der Waals surface area contributed by atoms with E-state index >= 15 is 0 Å². The van der Waals surface area contributed by atoms with Gasteiger partial charge in [0.2, 0.25) is 0 Å². The van der Waals surface area contributed by atoms with Gasteiger partial charge in [0.05, 0.1) is 0 Å². The summed E-state index contributed by atoms with van der Waals surface area (Å²) in [7, 11) is 1.65. The van der Waals surface area contributed by atoms with E-state index in [2.05, 4.69) is 0 Å². The molecule has 0 unspecified atom stereocenters. The van der Waals surface area contributed by atoms with Gasteiger partial charge in [0.15, 0.2) is 0 Å². The summed E-state index contributed by atoms with van der Waals surface area (Å²) in [6, 6.07) is 0. The molecule has 0 amide bonds. The second-order valence-corrected chi connectivity index (χ2v) is 1.98. The van der Waals surface area contributed by atoms with Gasteiger partial charge in [-0.05, 0) is 12.8 Å². The van der Waals surface area contributed by atoms with Crippen molar-refractivity contribution < 1.29 is 4.74 Å². The van der Waals surface area contributed by atoms with Crippen LogP contribution in [0.15, 0.2) is 0 Å². The van der Waals surface area contributed by atoms with Gasteiger partial charge in [-0.25, -0.2) is 0 Å². The minimum Gasteiger partial charge on any atom is -0.364 e. The lowest BCUT2D eigenvalue weighted by Crippen LogP contribution is -2.40. The Labute approximate surface area is 63.2 Å². The van der Waals surface area contributed by atoms with E-state index in [9.17, 15) is 0 Å². The molecule has 0 atom stereocenters. The van der Waals surface area contributed by atoms with Crippen LogP contribution >= 0.6 is 12.4 Å².